The summed E-state index contributed by atoms with van der Waals surface area (Å²) in [5, 5.41) is -0.263. The van der Waals surface area contributed by atoms with Crippen LogP contribution in [0, 0.1) is 5.82 Å². The van der Waals surface area contributed by atoms with Crippen molar-refractivity contribution >= 4 is 27.8 Å². The van der Waals surface area contributed by atoms with E-state index in [1.807, 2.05) is 12.1 Å². The Morgan fingerprint density at radius 2 is 1.96 bits per heavy atom. The monoisotopic (exact) mass is 395 g/mol. The van der Waals surface area contributed by atoms with E-state index in [2.05, 4.69) is 17.4 Å². The van der Waals surface area contributed by atoms with Crippen LogP contribution in [0.5, 0.6) is 5.75 Å². The van der Waals surface area contributed by atoms with Gasteiger partial charge in [-0.05, 0) is 36.2 Å². The highest BCUT2D eigenvalue weighted by Gasteiger charge is 2.26. The van der Waals surface area contributed by atoms with Crippen molar-refractivity contribution in [2.45, 2.75) is 23.7 Å². The number of halogens is 1. The van der Waals surface area contributed by atoms with Gasteiger partial charge in [-0.1, -0.05) is 18.2 Å². The van der Waals surface area contributed by atoms with Gasteiger partial charge in [0.25, 0.3) is 0 Å². The Balaban J connectivity index is 1.78. The van der Waals surface area contributed by atoms with E-state index in [4.69, 9.17) is 4.74 Å². The van der Waals surface area contributed by atoms with E-state index in [1.165, 1.54) is 12.1 Å². The zero-order valence-corrected chi connectivity index (χ0v) is 15.5. The van der Waals surface area contributed by atoms with E-state index < -0.39 is 15.8 Å². The molecular formula is C18H18FNO4S2. The van der Waals surface area contributed by atoms with Gasteiger partial charge in [0.15, 0.2) is 5.12 Å². The maximum absolute atomic E-state index is 13.0. The zero-order valence-electron chi connectivity index (χ0n) is 13.8. The van der Waals surface area contributed by atoms with Crippen LogP contribution in [0.25, 0.3) is 0 Å². The molecule has 0 bridgehead atoms. The summed E-state index contributed by atoms with van der Waals surface area (Å²) in [6.45, 7) is 0.627. The van der Waals surface area contributed by atoms with Gasteiger partial charge in [0.05, 0.1) is 11.5 Å². The van der Waals surface area contributed by atoms with E-state index in [0.717, 1.165) is 23.3 Å². The molecule has 138 valence electrons. The van der Waals surface area contributed by atoms with E-state index in [0.29, 0.717) is 18.8 Å². The lowest BCUT2D eigenvalue weighted by Gasteiger charge is -2.27. The largest absolute Gasteiger partial charge is 0.493 e. The number of benzene rings is 2. The molecule has 5 nitrogen and oxygen atoms in total. The number of hydrogen-bond donors (Lipinski definition) is 2. The molecule has 0 aromatic heterocycles. The number of ether oxygens (including phenoxy) is 1. The first-order valence-electron chi connectivity index (χ1n) is 8.08. The molecular weight excluding hydrogens is 377 g/mol. The average molecular weight is 395 g/mol. The molecule has 0 fully saturated rings. The highest BCUT2D eigenvalue weighted by molar-refractivity contribution is 7.96. The van der Waals surface area contributed by atoms with Gasteiger partial charge in [-0.2, -0.15) is 0 Å². The van der Waals surface area contributed by atoms with Gasteiger partial charge < -0.3 is 4.74 Å². The van der Waals surface area contributed by atoms with Crippen molar-refractivity contribution in [2.75, 3.05) is 13.2 Å². The second kappa shape index (κ2) is 7.77. The molecule has 1 aliphatic rings. The Hall–Kier alpha value is -1.90. The minimum Gasteiger partial charge on any atom is -0.493 e. The van der Waals surface area contributed by atoms with E-state index in [9.17, 15) is 17.6 Å². The fourth-order valence-corrected chi connectivity index (χ4v) is 4.23. The molecule has 0 aliphatic carbocycles. The summed E-state index contributed by atoms with van der Waals surface area (Å²) in [4.78, 5) is 11.3. The summed E-state index contributed by atoms with van der Waals surface area (Å²) in [5.74, 6) is 0.0599. The molecule has 0 saturated heterocycles. The van der Waals surface area contributed by atoms with Crippen LogP contribution in [0.1, 0.15) is 23.5 Å². The minimum absolute atomic E-state index is 0.0144. The fourth-order valence-electron chi connectivity index (χ4n) is 2.98. The minimum atomic E-state index is -3.73. The molecule has 0 radical (unpaired) electrons. The Bertz CT molecular complexity index is 913. The molecule has 1 heterocycles. The normalized spacial score (nSPS) is 16.6. The molecule has 8 heteroatoms. The first kappa shape index (κ1) is 18.9. The SMILES string of the molecule is O=C(S)Cc1cccc2c1OCCC2CNS(=O)(=O)c1ccc(F)cc1. The highest BCUT2D eigenvalue weighted by Crippen LogP contribution is 2.36. The van der Waals surface area contributed by atoms with Crippen molar-refractivity contribution in [1.29, 1.82) is 0 Å². The number of rotatable bonds is 6. The summed E-state index contributed by atoms with van der Waals surface area (Å²) in [5.41, 5.74) is 1.61. The van der Waals surface area contributed by atoms with Crippen molar-refractivity contribution in [3.05, 3.63) is 59.4 Å². The molecule has 0 saturated carbocycles. The number of hydrogen-bond acceptors (Lipinski definition) is 4. The molecule has 1 N–H and O–H groups in total. The maximum Gasteiger partial charge on any atom is 0.240 e. The van der Waals surface area contributed by atoms with Crippen molar-refractivity contribution < 1.29 is 22.3 Å². The van der Waals surface area contributed by atoms with Gasteiger partial charge in [-0.3, -0.25) is 4.79 Å². The van der Waals surface area contributed by atoms with Gasteiger partial charge in [-0.25, -0.2) is 17.5 Å². The third-order valence-corrected chi connectivity index (χ3v) is 5.86. The van der Waals surface area contributed by atoms with Crippen LogP contribution in [0.2, 0.25) is 0 Å². The van der Waals surface area contributed by atoms with Crippen molar-refractivity contribution in [2.24, 2.45) is 0 Å². The van der Waals surface area contributed by atoms with E-state index >= 15 is 0 Å². The molecule has 2 aromatic rings. The Kier molecular flexibility index (Phi) is 5.64. The van der Waals surface area contributed by atoms with Crippen molar-refractivity contribution in [1.82, 2.24) is 4.72 Å². The van der Waals surface area contributed by atoms with Gasteiger partial charge in [-0.15, -0.1) is 12.6 Å². The topological polar surface area (TPSA) is 72.5 Å². The lowest BCUT2D eigenvalue weighted by atomic mass is 9.91. The molecule has 0 spiro atoms. The third kappa shape index (κ3) is 4.25. The summed E-state index contributed by atoms with van der Waals surface area (Å²) >= 11 is 3.81. The Labute approximate surface area is 157 Å². The predicted octanol–water partition coefficient (Wildman–Crippen LogP) is 2.67. The van der Waals surface area contributed by atoms with Crippen LogP contribution in [0.4, 0.5) is 4.39 Å². The molecule has 1 unspecified atom stereocenters. The number of thiol groups is 1. The van der Waals surface area contributed by atoms with Crippen LogP contribution in [-0.4, -0.2) is 26.7 Å². The van der Waals surface area contributed by atoms with Gasteiger partial charge in [0.1, 0.15) is 11.6 Å². The smallest absolute Gasteiger partial charge is 0.240 e. The van der Waals surface area contributed by atoms with Crippen LogP contribution in [0.15, 0.2) is 47.4 Å². The standard InChI is InChI=1S/C18H18FNO4S2/c19-14-4-6-15(7-5-14)26(22,23)20-11-13-8-9-24-18-12(10-17(21)25)2-1-3-16(13)18/h1-7,13,20H,8-11H2,(H,21,25). The molecule has 1 aliphatic heterocycles. The Morgan fingerprint density at radius 1 is 1.23 bits per heavy atom. The van der Waals surface area contributed by atoms with E-state index in [1.54, 1.807) is 6.07 Å². The number of carbonyl (C=O) groups is 1. The highest BCUT2D eigenvalue weighted by atomic mass is 32.2. The first-order chi connectivity index (χ1) is 12.4. The number of para-hydroxylation sites is 1. The molecule has 3 rings (SSSR count). The summed E-state index contributed by atoms with van der Waals surface area (Å²) in [6.07, 6.45) is 0.803. The van der Waals surface area contributed by atoms with Gasteiger partial charge in [0.2, 0.25) is 10.0 Å². The summed E-state index contributed by atoms with van der Waals surface area (Å²) in [7, 11) is -3.73. The first-order valence-corrected chi connectivity index (χ1v) is 10.0. The average Bonchev–Trinajstić information content (AvgIpc) is 2.60. The van der Waals surface area contributed by atoms with Crippen LogP contribution in [-0.2, 0) is 21.2 Å². The molecule has 1 atom stereocenters. The lowest BCUT2D eigenvalue weighted by Crippen LogP contribution is -2.31. The van der Waals surface area contributed by atoms with E-state index in [-0.39, 0.29) is 28.9 Å². The van der Waals surface area contributed by atoms with Gasteiger partial charge in [0, 0.05) is 24.4 Å². The number of carbonyl (C=O) groups excluding carboxylic acids is 1. The molecule has 0 amide bonds. The van der Waals surface area contributed by atoms with Crippen LogP contribution in [0.3, 0.4) is 0 Å². The van der Waals surface area contributed by atoms with Gasteiger partial charge >= 0.3 is 0 Å². The summed E-state index contributed by atoms with van der Waals surface area (Å²) in [6, 6.07) is 10.2. The summed E-state index contributed by atoms with van der Waals surface area (Å²) < 4.78 is 46.1. The quantitative estimate of drug-likeness (QED) is 0.738. The zero-order chi connectivity index (χ0) is 18.7. The van der Waals surface area contributed by atoms with Crippen molar-refractivity contribution in [3.63, 3.8) is 0 Å². The second-order valence-electron chi connectivity index (χ2n) is 6.05. The lowest BCUT2D eigenvalue weighted by molar-refractivity contribution is -0.110. The molecule has 26 heavy (non-hydrogen) atoms. The maximum atomic E-state index is 13.0. The third-order valence-electron chi connectivity index (χ3n) is 4.26. The molecule has 2 aromatic carbocycles. The number of sulfonamides is 1. The number of fused-ring (bicyclic) bond motifs is 1. The fraction of sp³-hybridized carbons (Fsp3) is 0.278. The second-order valence-corrected chi connectivity index (χ2v) is 8.31. The van der Waals surface area contributed by atoms with Crippen molar-refractivity contribution in [3.8, 4) is 5.75 Å². The Morgan fingerprint density at radius 3 is 2.65 bits per heavy atom. The predicted molar refractivity (Wildman–Crippen MR) is 98.6 cm³/mol. The van der Waals surface area contributed by atoms with Crippen LogP contribution < -0.4 is 9.46 Å². The van der Waals surface area contributed by atoms with Crippen LogP contribution >= 0.6 is 12.6 Å². The number of nitrogens with one attached hydrogen (secondary N) is 1.